The van der Waals surface area contributed by atoms with Crippen molar-refractivity contribution >= 4 is 5.97 Å². The first-order valence-electron chi connectivity index (χ1n) is 6.97. The molecule has 0 aliphatic heterocycles. The Hall–Kier alpha value is -2.16. The van der Waals surface area contributed by atoms with E-state index >= 15 is 0 Å². The van der Waals surface area contributed by atoms with E-state index in [1.807, 2.05) is 25.1 Å². The fraction of sp³-hybridized carbons (Fsp3) is 0.294. The van der Waals surface area contributed by atoms with Gasteiger partial charge in [-0.25, -0.2) is 0 Å². The SMILES string of the molecule is CCOC(=O)C1Cc2ccc(-c3ccccn3)cc2C1. The third-order valence-electron chi connectivity index (χ3n) is 3.72. The zero-order valence-electron chi connectivity index (χ0n) is 11.5. The monoisotopic (exact) mass is 267 g/mol. The van der Waals surface area contributed by atoms with Crippen LogP contribution < -0.4 is 0 Å². The number of aromatic nitrogens is 1. The summed E-state index contributed by atoms with van der Waals surface area (Å²) in [6.07, 6.45) is 3.36. The second-order valence-electron chi connectivity index (χ2n) is 5.06. The number of benzene rings is 1. The van der Waals surface area contributed by atoms with Gasteiger partial charge in [0.25, 0.3) is 0 Å². The third kappa shape index (κ3) is 2.44. The minimum Gasteiger partial charge on any atom is -0.466 e. The van der Waals surface area contributed by atoms with Gasteiger partial charge in [0.05, 0.1) is 18.2 Å². The van der Waals surface area contributed by atoms with Crippen molar-refractivity contribution in [2.75, 3.05) is 6.61 Å². The topological polar surface area (TPSA) is 39.2 Å². The molecule has 1 heterocycles. The second-order valence-corrected chi connectivity index (χ2v) is 5.06. The smallest absolute Gasteiger partial charge is 0.309 e. The maximum absolute atomic E-state index is 11.8. The zero-order valence-corrected chi connectivity index (χ0v) is 11.5. The Balaban J connectivity index is 1.83. The highest BCUT2D eigenvalue weighted by atomic mass is 16.5. The molecule has 0 radical (unpaired) electrons. The van der Waals surface area contributed by atoms with Crippen LogP contribution in [0.5, 0.6) is 0 Å². The average molecular weight is 267 g/mol. The molecule has 3 nitrogen and oxygen atoms in total. The van der Waals surface area contributed by atoms with Gasteiger partial charge in [-0.3, -0.25) is 9.78 Å². The van der Waals surface area contributed by atoms with Crippen LogP contribution in [-0.4, -0.2) is 17.6 Å². The first kappa shape index (κ1) is 12.9. The average Bonchev–Trinajstić information content (AvgIpc) is 2.91. The molecule has 0 amide bonds. The van der Waals surface area contributed by atoms with Gasteiger partial charge >= 0.3 is 5.97 Å². The molecule has 0 N–H and O–H groups in total. The molecule has 3 rings (SSSR count). The first-order valence-corrected chi connectivity index (χ1v) is 6.97. The molecule has 0 saturated carbocycles. The molecule has 1 aliphatic rings. The third-order valence-corrected chi connectivity index (χ3v) is 3.72. The number of carbonyl (C=O) groups excluding carboxylic acids is 1. The summed E-state index contributed by atoms with van der Waals surface area (Å²) in [5.41, 5.74) is 4.57. The molecular weight excluding hydrogens is 250 g/mol. The summed E-state index contributed by atoms with van der Waals surface area (Å²) in [5.74, 6) is -0.105. The lowest BCUT2D eigenvalue weighted by Crippen LogP contribution is -2.17. The van der Waals surface area contributed by atoms with Crippen molar-refractivity contribution in [1.82, 2.24) is 4.98 Å². The molecule has 20 heavy (non-hydrogen) atoms. The maximum atomic E-state index is 11.8. The van der Waals surface area contributed by atoms with E-state index in [1.54, 1.807) is 6.20 Å². The van der Waals surface area contributed by atoms with E-state index in [0.717, 1.165) is 24.1 Å². The van der Waals surface area contributed by atoms with Crippen LogP contribution in [-0.2, 0) is 22.4 Å². The van der Waals surface area contributed by atoms with E-state index < -0.39 is 0 Å². The summed E-state index contributed by atoms with van der Waals surface area (Å²) in [6, 6.07) is 12.2. The number of hydrogen-bond donors (Lipinski definition) is 0. The summed E-state index contributed by atoms with van der Waals surface area (Å²) in [6.45, 7) is 2.30. The molecule has 0 saturated heterocycles. The molecule has 3 heteroatoms. The molecule has 0 bridgehead atoms. The van der Waals surface area contributed by atoms with Crippen LogP contribution in [0.2, 0.25) is 0 Å². The van der Waals surface area contributed by atoms with Gasteiger partial charge < -0.3 is 4.74 Å². The van der Waals surface area contributed by atoms with Crippen molar-refractivity contribution in [3.8, 4) is 11.3 Å². The van der Waals surface area contributed by atoms with Crippen LogP contribution in [0.3, 0.4) is 0 Å². The van der Waals surface area contributed by atoms with E-state index in [2.05, 4.69) is 23.2 Å². The number of carbonyl (C=O) groups is 1. The lowest BCUT2D eigenvalue weighted by atomic mass is 10.0. The number of nitrogens with zero attached hydrogens (tertiary/aromatic N) is 1. The largest absolute Gasteiger partial charge is 0.466 e. The van der Waals surface area contributed by atoms with Crippen LogP contribution in [0.1, 0.15) is 18.1 Å². The summed E-state index contributed by atoms with van der Waals surface area (Å²) in [7, 11) is 0. The number of fused-ring (bicyclic) bond motifs is 1. The molecule has 0 spiro atoms. The van der Waals surface area contributed by atoms with Crippen molar-refractivity contribution in [3.63, 3.8) is 0 Å². The normalized spacial score (nSPS) is 16.8. The van der Waals surface area contributed by atoms with Crippen LogP contribution >= 0.6 is 0 Å². The summed E-state index contributed by atoms with van der Waals surface area (Å²) in [5, 5.41) is 0. The number of ether oxygens (including phenoxy) is 1. The Labute approximate surface area is 118 Å². The van der Waals surface area contributed by atoms with Gasteiger partial charge in [0.15, 0.2) is 0 Å². The van der Waals surface area contributed by atoms with Gasteiger partial charge in [-0.2, -0.15) is 0 Å². The van der Waals surface area contributed by atoms with Crippen LogP contribution in [0.15, 0.2) is 42.6 Å². The number of esters is 1. The molecular formula is C17H17NO2. The first-order chi connectivity index (χ1) is 9.78. The number of hydrogen-bond acceptors (Lipinski definition) is 3. The Kier molecular flexibility index (Phi) is 3.50. The molecule has 0 fully saturated rings. The molecule has 1 aromatic heterocycles. The lowest BCUT2D eigenvalue weighted by molar-refractivity contribution is -0.147. The highest BCUT2D eigenvalue weighted by Gasteiger charge is 2.28. The van der Waals surface area contributed by atoms with Gasteiger partial charge in [-0.1, -0.05) is 18.2 Å². The fourth-order valence-corrected chi connectivity index (χ4v) is 2.74. The van der Waals surface area contributed by atoms with Crippen molar-refractivity contribution in [2.24, 2.45) is 5.92 Å². The predicted molar refractivity (Wildman–Crippen MR) is 77.2 cm³/mol. The maximum Gasteiger partial charge on any atom is 0.309 e. The highest BCUT2D eigenvalue weighted by Crippen LogP contribution is 2.31. The Morgan fingerprint density at radius 1 is 1.25 bits per heavy atom. The van der Waals surface area contributed by atoms with Crippen LogP contribution in [0, 0.1) is 5.92 Å². The van der Waals surface area contributed by atoms with Gasteiger partial charge in [0.2, 0.25) is 0 Å². The van der Waals surface area contributed by atoms with E-state index in [0.29, 0.717) is 6.61 Å². The Morgan fingerprint density at radius 2 is 2.10 bits per heavy atom. The highest BCUT2D eigenvalue weighted by molar-refractivity contribution is 5.75. The van der Waals surface area contributed by atoms with E-state index in [4.69, 9.17) is 4.74 Å². The van der Waals surface area contributed by atoms with Gasteiger partial charge in [-0.05, 0) is 49.1 Å². The zero-order chi connectivity index (χ0) is 13.9. The van der Waals surface area contributed by atoms with Crippen molar-refractivity contribution < 1.29 is 9.53 Å². The predicted octanol–water partition coefficient (Wildman–Crippen LogP) is 3.03. The van der Waals surface area contributed by atoms with Gasteiger partial charge in [0, 0.05) is 11.8 Å². The van der Waals surface area contributed by atoms with E-state index in [1.165, 1.54) is 11.1 Å². The Bertz CT molecular complexity index is 622. The fourth-order valence-electron chi connectivity index (χ4n) is 2.74. The second kappa shape index (κ2) is 5.45. The van der Waals surface area contributed by atoms with E-state index in [9.17, 15) is 4.79 Å². The van der Waals surface area contributed by atoms with Crippen LogP contribution in [0.4, 0.5) is 0 Å². The molecule has 102 valence electrons. The van der Waals surface area contributed by atoms with Crippen LogP contribution in [0.25, 0.3) is 11.3 Å². The number of pyridine rings is 1. The quantitative estimate of drug-likeness (QED) is 0.802. The van der Waals surface area contributed by atoms with Crippen molar-refractivity contribution in [3.05, 3.63) is 53.7 Å². The van der Waals surface area contributed by atoms with Gasteiger partial charge in [-0.15, -0.1) is 0 Å². The molecule has 1 atom stereocenters. The minimum absolute atomic E-state index is 0.0241. The van der Waals surface area contributed by atoms with Crippen molar-refractivity contribution in [1.29, 1.82) is 0 Å². The molecule has 1 aliphatic carbocycles. The summed E-state index contributed by atoms with van der Waals surface area (Å²) < 4.78 is 5.12. The molecule has 1 unspecified atom stereocenters. The standard InChI is InChI=1S/C17H17NO2/c1-2-20-17(19)15-9-12-6-7-13(10-14(12)11-15)16-5-3-4-8-18-16/h3-8,10,15H,2,9,11H2,1H3. The lowest BCUT2D eigenvalue weighted by Gasteiger charge is -2.06. The van der Waals surface area contributed by atoms with E-state index in [-0.39, 0.29) is 11.9 Å². The summed E-state index contributed by atoms with van der Waals surface area (Å²) >= 11 is 0. The van der Waals surface area contributed by atoms with Gasteiger partial charge in [0.1, 0.15) is 0 Å². The molecule has 2 aromatic rings. The summed E-state index contributed by atoms with van der Waals surface area (Å²) in [4.78, 5) is 16.2. The number of rotatable bonds is 3. The van der Waals surface area contributed by atoms with Crippen molar-refractivity contribution in [2.45, 2.75) is 19.8 Å². The minimum atomic E-state index is -0.0805. The molecule has 1 aromatic carbocycles. The Morgan fingerprint density at radius 3 is 2.85 bits per heavy atom.